The molecule has 0 saturated heterocycles. The topological polar surface area (TPSA) is 105 Å². The lowest BCUT2D eigenvalue weighted by Gasteiger charge is -2.07. The summed E-state index contributed by atoms with van der Waals surface area (Å²) in [5.74, 6) is 0.233. The van der Waals surface area contributed by atoms with Crippen LogP contribution in [0.25, 0.3) is 22.3 Å². The molecular formula is C22H26N6O2. The zero-order chi connectivity index (χ0) is 21.5. The number of carbonyl (C=O) groups is 1. The van der Waals surface area contributed by atoms with Gasteiger partial charge in [-0.05, 0) is 32.4 Å². The first-order valence-corrected chi connectivity index (χ1v) is 9.86. The van der Waals surface area contributed by atoms with Gasteiger partial charge in [0, 0.05) is 36.6 Å². The van der Waals surface area contributed by atoms with Crippen LogP contribution in [0.15, 0.2) is 46.7 Å². The van der Waals surface area contributed by atoms with E-state index in [0.29, 0.717) is 29.6 Å². The molecular weight excluding hydrogens is 380 g/mol. The Hall–Kier alpha value is -3.55. The van der Waals surface area contributed by atoms with Crippen molar-refractivity contribution >= 4 is 28.8 Å². The van der Waals surface area contributed by atoms with Gasteiger partial charge in [0.1, 0.15) is 5.82 Å². The number of unbranched alkanes of at least 4 members (excludes halogenated alkanes) is 1. The van der Waals surface area contributed by atoms with Crippen molar-refractivity contribution in [2.75, 3.05) is 19.0 Å². The number of nitrogens with one attached hydrogen (secondary N) is 2. The van der Waals surface area contributed by atoms with Crippen molar-refractivity contribution in [3.63, 3.8) is 0 Å². The smallest absolute Gasteiger partial charge is 0.316 e. The predicted octanol–water partition coefficient (Wildman–Crippen LogP) is 4.17. The summed E-state index contributed by atoms with van der Waals surface area (Å²) in [5.41, 5.74) is 3.80. The van der Waals surface area contributed by atoms with E-state index in [1.54, 1.807) is 30.7 Å². The minimum atomic E-state index is -0.227. The summed E-state index contributed by atoms with van der Waals surface area (Å²) in [5, 5.41) is 3.77. The molecule has 1 amide bonds. The molecule has 0 aromatic carbocycles. The zero-order valence-corrected chi connectivity index (χ0v) is 17.7. The number of hydrogen-bond acceptors (Lipinski definition) is 6. The van der Waals surface area contributed by atoms with Crippen LogP contribution in [0.1, 0.15) is 33.6 Å². The monoisotopic (exact) mass is 406 g/mol. The van der Waals surface area contributed by atoms with Crippen molar-refractivity contribution in [2.24, 2.45) is 4.99 Å². The van der Waals surface area contributed by atoms with E-state index < -0.39 is 0 Å². The van der Waals surface area contributed by atoms with Crippen molar-refractivity contribution in [3.8, 4) is 17.4 Å². The number of nitrogens with zero attached hydrogens (tertiary/aromatic N) is 4. The number of aliphatic imine (C=N–C) groups is 1. The molecule has 0 fully saturated rings. The van der Waals surface area contributed by atoms with Crippen molar-refractivity contribution in [1.29, 1.82) is 0 Å². The van der Waals surface area contributed by atoms with Gasteiger partial charge in [0.25, 0.3) is 5.91 Å². The van der Waals surface area contributed by atoms with E-state index in [1.807, 2.05) is 19.9 Å². The third-order valence-electron chi connectivity index (χ3n) is 4.48. The lowest BCUT2D eigenvalue weighted by molar-refractivity contribution is -0.112. The Morgan fingerprint density at radius 3 is 2.87 bits per heavy atom. The highest BCUT2D eigenvalue weighted by atomic mass is 16.5. The number of aromatic amines is 1. The van der Waals surface area contributed by atoms with Crippen LogP contribution in [0.4, 0.5) is 5.82 Å². The molecule has 8 heteroatoms. The Bertz CT molecular complexity index is 1100. The second kappa shape index (κ2) is 9.78. The van der Waals surface area contributed by atoms with Gasteiger partial charge in [0.05, 0.1) is 29.6 Å². The first kappa shape index (κ1) is 21.2. The quantitative estimate of drug-likeness (QED) is 0.332. The average molecular weight is 406 g/mol. The van der Waals surface area contributed by atoms with E-state index in [-0.39, 0.29) is 5.91 Å². The molecule has 0 unspecified atom stereocenters. The van der Waals surface area contributed by atoms with E-state index >= 15 is 0 Å². The van der Waals surface area contributed by atoms with Gasteiger partial charge in [-0.3, -0.25) is 9.79 Å². The number of ether oxygens (including phenoxy) is 1. The number of pyridine rings is 1. The lowest BCUT2D eigenvalue weighted by Crippen LogP contribution is -2.17. The van der Waals surface area contributed by atoms with Crippen LogP contribution >= 0.6 is 0 Å². The number of fused-ring (bicyclic) bond motifs is 1. The largest absolute Gasteiger partial charge is 0.467 e. The molecule has 0 bridgehead atoms. The van der Waals surface area contributed by atoms with E-state index in [1.165, 1.54) is 7.11 Å². The van der Waals surface area contributed by atoms with Gasteiger partial charge in [-0.25, -0.2) is 9.97 Å². The van der Waals surface area contributed by atoms with E-state index in [4.69, 9.17) is 4.74 Å². The summed E-state index contributed by atoms with van der Waals surface area (Å²) in [6.07, 6.45) is 7.06. The lowest BCUT2D eigenvalue weighted by atomic mass is 10.1. The van der Waals surface area contributed by atoms with Crippen LogP contribution < -0.4 is 10.1 Å². The molecule has 0 aliphatic heterocycles. The van der Waals surface area contributed by atoms with Crippen LogP contribution in [0, 0.1) is 0 Å². The highest BCUT2D eigenvalue weighted by Gasteiger charge is 2.12. The molecule has 30 heavy (non-hydrogen) atoms. The normalized spacial score (nSPS) is 11.1. The fraction of sp³-hybridized carbons (Fsp3) is 0.318. The minimum absolute atomic E-state index is 0.227. The van der Waals surface area contributed by atoms with Gasteiger partial charge in [0.2, 0.25) is 0 Å². The van der Waals surface area contributed by atoms with E-state index in [9.17, 15) is 4.79 Å². The van der Waals surface area contributed by atoms with Crippen LogP contribution in [-0.4, -0.2) is 45.7 Å². The molecule has 0 aliphatic rings. The Morgan fingerprint density at radius 1 is 1.30 bits per heavy atom. The first-order chi connectivity index (χ1) is 14.5. The summed E-state index contributed by atoms with van der Waals surface area (Å²) >= 11 is 0. The summed E-state index contributed by atoms with van der Waals surface area (Å²) in [6, 6.07) is 5.83. The van der Waals surface area contributed by atoms with Gasteiger partial charge >= 0.3 is 6.01 Å². The maximum Gasteiger partial charge on any atom is 0.316 e. The molecule has 3 heterocycles. The van der Waals surface area contributed by atoms with Crippen molar-refractivity contribution in [2.45, 2.75) is 33.6 Å². The fourth-order valence-electron chi connectivity index (χ4n) is 2.83. The number of H-pyrrole nitrogens is 1. The molecule has 0 saturated carbocycles. The third kappa shape index (κ3) is 5.08. The number of hydrogen-bond donors (Lipinski definition) is 2. The van der Waals surface area contributed by atoms with Gasteiger partial charge in [0.15, 0.2) is 0 Å². The van der Waals surface area contributed by atoms with Crippen LogP contribution in [0.5, 0.6) is 6.01 Å². The summed E-state index contributed by atoms with van der Waals surface area (Å²) < 4.78 is 5.09. The SMILES string of the molecule is CCCCN=CC(C(=O)Nc1cc2[nH]c(-c3ccnc(OC)n3)cc2cn1)=C(C)C. The first-order valence-electron chi connectivity index (χ1n) is 9.86. The number of anilines is 1. The Kier molecular flexibility index (Phi) is 6.90. The molecule has 0 aliphatic carbocycles. The Morgan fingerprint density at radius 2 is 2.13 bits per heavy atom. The van der Waals surface area contributed by atoms with Crippen LogP contribution in [0.3, 0.4) is 0 Å². The molecule has 3 aromatic heterocycles. The molecule has 3 rings (SSSR count). The summed E-state index contributed by atoms with van der Waals surface area (Å²) in [6.45, 7) is 6.61. The second-order valence-corrected chi connectivity index (χ2v) is 7.03. The van der Waals surface area contributed by atoms with Crippen molar-refractivity contribution in [1.82, 2.24) is 19.9 Å². The van der Waals surface area contributed by atoms with Crippen molar-refractivity contribution in [3.05, 3.63) is 41.7 Å². The molecule has 0 atom stereocenters. The number of aromatic nitrogens is 4. The molecule has 8 nitrogen and oxygen atoms in total. The number of allylic oxidation sites excluding steroid dienone is 1. The summed E-state index contributed by atoms with van der Waals surface area (Å²) in [4.78, 5) is 33.1. The third-order valence-corrected chi connectivity index (χ3v) is 4.48. The number of methoxy groups -OCH3 is 1. The Balaban J connectivity index is 1.80. The van der Waals surface area contributed by atoms with Gasteiger partial charge in [-0.15, -0.1) is 0 Å². The molecule has 3 aromatic rings. The van der Waals surface area contributed by atoms with Crippen molar-refractivity contribution < 1.29 is 9.53 Å². The Labute approximate surface area is 175 Å². The second-order valence-electron chi connectivity index (χ2n) is 7.03. The molecule has 156 valence electrons. The molecule has 0 spiro atoms. The number of carbonyl (C=O) groups excluding carboxylic acids is 1. The van der Waals surface area contributed by atoms with E-state index in [0.717, 1.165) is 35.0 Å². The maximum atomic E-state index is 12.7. The van der Waals surface area contributed by atoms with Crippen LogP contribution in [-0.2, 0) is 4.79 Å². The standard InChI is InChI=1S/C22H26N6O2/c1-5-6-8-23-13-16(14(2)3)21(29)28-20-11-18-15(12-25-20)10-19(26-18)17-7-9-24-22(27-17)30-4/h7,9-13,26H,5-6,8H2,1-4H3,(H,25,28,29). The predicted molar refractivity (Wildman–Crippen MR) is 119 cm³/mol. The maximum absolute atomic E-state index is 12.7. The average Bonchev–Trinajstić information content (AvgIpc) is 3.17. The van der Waals surface area contributed by atoms with E-state index in [2.05, 4.69) is 37.2 Å². The highest BCUT2D eigenvalue weighted by Crippen LogP contribution is 2.24. The number of rotatable bonds is 8. The highest BCUT2D eigenvalue weighted by molar-refractivity contribution is 6.18. The number of amides is 1. The van der Waals surface area contributed by atoms with Gasteiger partial charge in [-0.1, -0.05) is 18.9 Å². The molecule has 0 radical (unpaired) electrons. The zero-order valence-electron chi connectivity index (χ0n) is 17.7. The minimum Gasteiger partial charge on any atom is -0.467 e. The fourth-order valence-corrected chi connectivity index (χ4v) is 2.83. The molecule has 2 N–H and O–H groups in total. The van der Waals surface area contributed by atoms with Crippen LogP contribution in [0.2, 0.25) is 0 Å². The van der Waals surface area contributed by atoms with Gasteiger partial charge in [-0.2, -0.15) is 4.98 Å². The summed E-state index contributed by atoms with van der Waals surface area (Å²) in [7, 11) is 1.53. The van der Waals surface area contributed by atoms with Gasteiger partial charge < -0.3 is 15.0 Å².